The van der Waals surface area contributed by atoms with Crippen LogP contribution >= 0.6 is 24.0 Å². The first-order valence-corrected chi connectivity index (χ1v) is 11.2. The van der Waals surface area contributed by atoms with Crippen LogP contribution in [-0.4, -0.2) is 51.0 Å². The lowest BCUT2D eigenvalue weighted by atomic mass is 9.98. The largest absolute Gasteiger partial charge is 0.357 e. The summed E-state index contributed by atoms with van der Waals surface area (Å²) in [6.45, 7) is 10.7. The lowest BCUT2D eigenvalue weighted by Gasteiger charge is -2.41. The summed E-state index contributed by atoms with van der Waals surface area (Å²) < 4.78 is 23.0. The number of hydrogen-bond acceptors (Lipinski definition) is 4. The minimum Gasteiger partial charge on any atom is -0.357 e. The van der Waals surface area contributed by atoms with Gasteiger partial charge in [-0.05, 0) is 64.4 Å². The van der Waals surface area contributed by atoms with E-state index in [0.717, 1.165) is 37.7 Å². The van der Waals surface area contributed by atoms with Crippen LogP contribution in [0.4, 0.5) is 0 Å². The normalized spacial score (nSPS) is 16.4. The van der Waals surface area contributed by atoms with Gasteiger partial charge in [-0.25, -0.2) is 18.5 Å². The van der Waals surface area contributed by atoms with Crippen molar-refractivity contribution >= 4 is 40.0 Å². The van der Waals surface area contributed by atoms with Crippen LogP contribution in [0, 0.1) is 0 Å². The smallest absolute Gasteiger partial charge is 0.238 e. The molecule has 0 saturated carbocycles. The Kier molecular flexibility index (Phi) is 10.2. The van der Waals surface area contributed by atoms with Crippen molar-refractivity contribution in [2.24, 2.45) is 10.1 Å². The molecular weight excluding hydrogens is 489 g/mol. The number of nitrogens with zero attached hydrogens (tertiary/aromatic N) is 2. The van der Waals surface area contributed by atoms with Crippen LogP contribution in [0.1, 0.15) is 45.6 Å². The number of benzene rings is 1. The molecule has 28 heavy (non-hydrogen) atoms. The van der Waals surface area contributed by atoms with Gasteiger partial charge in [-0.1, -0.05) is 18.6 Å². The molecule has 1 heterocycles. The third-order valence-corrected chi connectivity index (χ3v) is 5.80. The van der Waals surface area contributed by atoms with Crippen molar-refractivity contribution in [1.82, 2.24) is 15.5 Å². The molecule has 0 unspecified atom stereocenters. The first kappa shape index (κ1) is 25.1. The first-order chi connectivity index (χ1) is 12.7. The lowest BCUT2D eigenvalue weighted by Crippen LogP contribution is -2.54. The number of aliphatic imine (C=N–C) groups is 1. The fourth-order valence-corrected chi connectivity index (χ4v) is 3.83. The summed E-state index contributed by atoms with van der Waals surface area (Å²) in [6, 6.07) is 6.59. The number of halogens is 1. The molecule has 160 valence electrons. The highest BCUT2D eigenvalue weighted by atomic mass is 127. The molecule has 2 rings (SSSR count). The summed E-state index contributed by atoms with van der Waals surface area (Å²) in [7, 11) is -3.70. The van der Waals surface area contributed by atoms with Gasteiger partial charge in [-0.2, -0.15) is 0 Å². The van der Waals surface area contributed by atoms with E-state index in [1.807, 2.05) is 13.0 Å². The van der Waals surface area contributed by atoms with Gasteiger partial charge < -0.3 is 10.6 Å². The molecule has 1 aliphatic heterocycles. The molecule has 1 aromatic rings. The van der Waals surface area contributed by atoms with Crippen LogP contribution in [0.3, 0.4) is 0 Å². The van der Waals surface area contributed by atoms with Gasteiger partial charge in [-0.3, -0.25) is 4.90 Å². The van der Waals surface area contributed by atoms with Gasteiger partial charge in [0.1, 0.15) is 0 Å². The van der Waals surface area contributed by atoms with Gasteiger partial charge in [-0.15, -0.1) is 24.0 Å². The predicted molar refractivity (Wildman–Crippen MR) is 126 cm³/mol. The predicted octanol–water partition coefficient (Wildman–Crippen LogP) is 2.27. The Morgan fingerprint density at radius 1 is 1.21 bits per heavy atom. The van der Waals surface area contributed by atoms with E-state index in [4.69, 9.17) is 5.14 Å². The van der Waals surface area contributed by atoms with Crippen LogP contribution in [-0.2, 0) is 16.6 Å². The maximum atomic E-state index is 11.5. The van der Waals surface area contributed by atoms with Crippen LogP contribution in [0.25, 0.3) is 0 Å². The van der Waals surface area contributed by atoms with Crippen molar-refractivity contribution in [3.8, 4) is 0 Å². The summed E-state index contributed by atoms with van der Waals surface area (Å²) in [4.78, 5) is 7.24. The molecule has 0 bridgehead atoms. The number of piperidine rings is 1. The molecule has 1 aromatic carbocycles. The van der Waals surface area contributed by atoms with E-state index in [9.17, 15) is 8.42 Å². The fourth-order valence-electron chi connectivity index (χ4n) is 3.24. The van der Waals surface area contributed by atoms with E-state index in [0.29, 0.717) is 6.54 Å². The molecule has 0 atom stereocenters. The molecule has 1 fully saturated rings. The standard InChI is InChI=1S/C19H33N5O2S.HI/c1-4-21-18(23-15-19(2,3)24-11-6-5-7-12-24)22-14-16-9-8-10-17(13-16)27(20,25)26;/h8-10,13H,4-7,11-12,14-15H2,1-3H3,(H2,20,25,26)(H2,21,22,23);1H. The third-order valence-electron chi connectivity index (χ3n) is 4.89. The van der Waals surface area contributed by atoms with Gasteiger partial charge in [0.05, 0.1) is 11.4 Å². The summed E-state index contributed by atoms with van der Waals surface area (Å²) in [5.74, 6) is 0.726. The molecule has 7 nitrogen and oxygen atoms in total. The number of hydrogen-bond donors (Lipinski definition) is 3. The Morgan fingerprint density at radius 2 is 1.89 bits per heavy atom. The number of guanidine groups is 1. The number of nitrogens with one attached hydrogen (secondary N) is 2. The summed E-state index contributed by atoms with van der Waals surface area (Å²) >= 11 is 0. The van der Waals surface area contributed by atoms with Gasteiger partial charge in [0.15, 0.2) is 5.96 Å². The van der Waals surface area contributed by atoms with Crippen molar-refractivity contribution < 1.29 is 8.42 Å². The third kappa shape index (κ3) is 7.84. The maximum absolute atomic E-state index is 11.5. The van der Waals surface area contributed by atoms with Crippen molar-refractivity contribution in [2.45, 2.75) is 57.0 Å². The van der Waals surface area contributed by atoms with Crippen molar-refractivity contribution in [3.05, 3.63) is 29.8 Å². The van der Waals surface area contributed by atoms with Gasteiger partial charge >= 0.3 is 0 Å². The quantitative estimate of drug-likeness (QED) is 0.289. The zero-order valence-electron chi connectivity index (χ0n) is 17.1. The van der Waals surface area contributed by atoms with E-state index >= 15 is 0 Å². The van der Waals surface area contributed by atoms with E-state index in [1.165, 1.54) is 25.3 Å². The number of nitrogens with two attached hydrogens (primary N) is 1. The zero-order chi connectivity index (χ0) is 19.9. The summed E-state index contributed by atoms with van der Waals surface area (Å²) in [5, 5.41) is 11.9. The van der Waals surface area contributed by atoms with Crippen molar-refractivity contribution in [3.63, 3.8) is 0 Å². The first-order valence-electron chi connectivity index (χ1n) is 9.61. The molecule has 0 spiro atoms. The van der Waals surface area contributed by atoms with E-state index in [1.54, 1.807) is 12.1 Å². The van der Waals surface area contributed by atoms with E-state index in [-0.39, 0.29) is 34.4 Å². The van der Waals surface area contributed by atoms with E-state index in [2.05, 4.69) is 34.4 Å². The van der Waals surface area contributed by atoms with E-state index < -0.39 is 10.0 Å². The van der Waals surface area contributed by atoms with Crippen LogP contribution in [0.2, 0.25) is 0 Å². The molecule has 0 aliphatic carbocycles. The Balaban J connectivity index is 0.00000392. The van der Waals surface area contributed by atoms with Crippen LogP contribution in [0.15, 0.2) is 34.2 Å². The highest BCUT2D eigenvalue weighted by Crippen LogP contribution is 2.19. The maximum Gasteiger partial charge on any atom is 0.238 e. The molecule has 1 aliphatic rings. The van der Waals surface area contributed by atoms with Crippen molar-refractivity contribution in [1.29, 1.82) is 0 Å². The van der Waals surface area contributed by atoms with Gasteiger partial charge in [0, 0.05) is 18.6 Å². The molecule has 9 heteroatoms. The molecule has 0 amide bonds. The van der Waals surface area contributed by atoms with Crippen molar-refractivity contribution in [2.75, 3.05) is 26.2 Å². The summed E-state index contributed by atoms with van der Waals surface area (Å²) in [6.07, 6.45) is 3.84. The minimum atomic E-state index is -3.70. The number of rotatable bonds is 7. The lowest BCUT2D eigenvalue weighted by molar-refractivity contribution is 0.0982. The average Bonchev–Trinajstić information content (AvgIpc) is 2.64. The zero-order valence-corrected chi connectivity index (χ0v) is 20.2. The minimum absolute atomic E-state index is 0. The van der Waals surface area contributed by atoms with Crippen LogP contribution < -0.4 is 15.8 Å². The number of sulfonamides is 1. The topological polar surface area (TPSA) is 99.8 Å². The Labute approximate surface area is 186 Å². The second-order valence-electron chi connectivity index (χ2n) is 7.60. The molecule has 0 aromatic heterocycles. The molecule has 0 radical (unpaired) electrons. The monoisotopic (exact) mass is 523 g/mol. The average molecular weight is 523 g/mol. The highest BCUT2D eigenvalue weighted by molar-refractivity contribution is 14.0. The number of primary sulfonamides is 1. The van der Waals surface area contributed by atoms with Crippen LogP contribution in [0.5, 0.6) is 0 Å². The summed E-state index contributed by atoms with van der Waals surface area (Å²) in [5.41, 5.74) is 0.846. The number of likely N-dealkylation sites (tertiary alicyclic amines) is 1. The second-order valence-corrected chi connectivity index (χ2v) is 9.16. The SMILES string of the molecule is CCNC(=NCc1cccc(S(N)(=O)=O)c1)NCC(C)(C)N1CCCCC1.I. The Bertz CT molecular complexity index is 746. The second kappa shape index (κ2) is 11.3. The molecular formula is C19H34IN5O2S. The van der Waals surface area contributed by atoms with Gasteiger partial charge in [0.2, 0.25) is 10.0 Å². The Morgan fingerprint density at radius 3 is 2.50 bits per heavy atom. The van der Waals surface area contributed by atoms with Gasteiger partial charge in [0.25, 0.3) is 0 Å². The Hall–Kier alpha value is -0.910. The molecule has 4 N–H and O–H groups in total. The highest BCUT2D eigenvalue weighted by Gasteiger charge is 2.27. The fraction of sp³-hybridized carbons (Fsp3) is 0.632. The molecule has 1 saturated heterocycles.